The molecule has 0 atom stereocenters. The first-order valence-corrected chi connectivity index (χ1v) is 12.9. The molecule has 1 fully saturated rings. The number of hydrogen-bond donors (Lipinski definition) is 1. The van der Waals surface area contributed by atoms with Crippen molar-refractivity contribution in [2.75, 3.05) is 13.1 Å². The summed E-state index contributed by atoms with van der Waals surface area (Å²) in [5.74, 6) is -0.825. The van der Waals surface area contributed by atoms with Gasteiger partial charge >= 0.3 is 6.09 Å². The molecule has 2 heterocycles. The number of ether oxygens (including phenoxy) is 1. The third-order valence-corrected chi connectivity index (χ3v) is 7.89. The Kier molecular flexibility index (Phi) is 6.70. The maximum atomic E-state index is 13.1. The van der Waals surface area contributed by atoms with Crippen LogP contribution in [0.15, 0.2) is 53.4 Å². The first-order chi connectivity index (χ1) is 16.5. The Labute approximate surface area is 205 Å². The second-order valence-corrected chi connectivity index (χ2v) is 11.6. The van der Waals surface area contributed by atoms with Crippen LogP contribution in [0.5, 0.6) is 0 Å². The number of nitrogens with one attached hydrogen (secondary N) is 1. The predicted octanol–water partition coefficient (Wildman–Crippen LogP) is 3.16. The van der Waals surface area contributed by atoms with E-state index >= 15 is 0 Å². The van der Waals surface area contributed by atoms with Crippen molar-refractivity contribution in [2.45, 2.75) is 56.7 Å². The Morgan fingerprint density at radius 2 is 1.63 bits per heavy atom. The molecule has 1 N–H and O–H groups in total. The molecule has 9 nitrogen and oxygen atoms in total. The summed E-state index contributed by atoms with van der Waals surface area (Å²) in [6.07, 6.45) is 0.415. The van der Waals surface area contributed by atoms with Gasteiger partial charge in [-0.15, -0.1) is 0 Å². The molecule has 2 aromatic carbocycles. The van der Waals surface area contributed by atoms with E-state index in [9.17, 15) is 22.8 Å². The number of benzene rings is 2. The summed E-state index contributed by atoms with van der Waals surface area (Å²) in [4.78, 5) is 38.7. The number of amides is 3. The van der Waals surface area contributed by atoms with E-state index in [0.717, 1.165) is 10.5 Å². The Hall–Kier alpha value is -3.24. The number of hydrogen-bond acceptors (Lipinski definition) is 6. The topological polar surface area (TPSA) is 113 Å². The molecule has 0 unspecified atom stereocenters. The summed E-state index contributed by atoms with van der Waals surface area (Å²) in [6, 6.07) is 12.5. The molecule has 2 aliphatic rings. The molecule has 2 aromatic rings. The number of nitrogens with zero attached hydrogens (tertiary/aromatic N) is 2. The van der Waals surface area contributed by atoms with Crippen molar-refractivity contribution in [3.05, 3.63) is 65.2 Å². The van der Waals surface area contributed by atoms with E-state index < -0.39 is 27.6 Å². The van der Waals surface area contributed by atoms with Crippen molar-refractivity contribution in [3.63, 3.8) is 0 Å². The van der Waals surface area contributed by atoms with Gasteiger partial charge in [-0.05, 0) is 69.5 Å². The van der Waals surface area contributed by atoms with Crippen LogP contribution >= 0.6 is 0 Å². The number of imide groups is 1. The van der Waals surface area contributed by atoms with Gasteiger partial charge in [-0.25, -0.2) is 13.2 Å². The van der Waals surface area contributed by atoms with Gasteiger partial charge in [0.1, 0.15) is 5.60 Å². The molecule has 2 aliphatic heterocycles. The predicted molar refractivity (Wildman–Crippen MR) is 128 cm³/mol. The number of sulfonamides is 1. The number of alkyl carbamates (subject to hydrolysis) is 1. The minimum atomic E-state index is -3.76. The van der Waals surface area contributed by atoms with Gasteiger partial charge in [0, 0.05) is 30.3 Å². The smallest absolute Gasteiger partial charge is 0.407 e. The van der Waals surface area contributed by atoms with Gasteiger partial charge in [0.15, 0.2) is 0 Å². The highest BCUT2D eigenvalue weighted by molar-refractivity contribution is 7.89. The van der Waals surface area contributed by atoms with Crippen LogP contribution in [0.2, 0.25) is 0 Å². The largest absolute Gasteiger partial charge is 0.444 e. The molecule has 35 heavy (non-hydrogen) atoms. The van der Waals surface area contributed by atoms with Crippen molar-refractivity contribution in [2.24, 2.45) is 0 Å². The fourth-order valence-electron chi connectivity index (χ4n) is 4.21. The van der Waals surface area contributed by atoms with Crippen molar-refractivity contribution in [3.8, 4) is 0 Å². The summed E-state index contributed by atoms with van der Waals surface area (Å²) in [5, 5.41) is 2.79. The van der Waals surface area contributed by atoms with E-state index in [1.807, 2.05) is 12.1 Å². The molecule has 0 aromatic heterocycles. The second kappa shape index (κ2) is 9.43. The lowest BCUT2D eigenvalue weighted by Gasteiger charge is -2.32. The van der Waals surface area contributed by atoms with E-state index in [4.69, 9.17) is 4.74 Å². The maximum Gasteiger partial charge on any atom is 0.407 e. The van der Waals surface area contributed by atoms with Gasteiger partial charge in [-0.3, -0.25) is 14.5 Å². The first-order valence-electron chi connectivity index (χ1n) is 11.5. The highest BCUT2D eigenvalue weighted by atomic mass is 32.2. The average Bonchev–Trinajstić information content (AvgIpc) is 3.14. The zero-order chi connectivity index (χ0) is 25.4. The van der Waals surface area contributed by atoms with Gasteiger partial charge in [0.05, 0.1) is 11.4 Å². The molecule has 1 saturated heterocycles. The zero-order valence-electron chi connectivity index (χ0n) is 20.0. The van der Waals surface area contributed by atoms with Crippen LogP contribution in [0.1, 0.15) is 59.9 Å². The van der Waals surface area contributed by atoms with Gasteiger partial charge < -0.3 is 10.1 Å². The van der Waals surface area contributed by atoms with E-state index in [2.05, 4.69) is 5.32 Å². The summed E-state index contributed by atoms with van der Waals surface area (Å²) < 4.78 is 32.8. The number of piperidine rings is 1. The molecular weight excluding hydrogens is 470 g/mol. The van der Waals surface area contributed by atoms with E-state index in [-0.39, 0.29) is 42.0 Å². The highest BCUT2D eigenvalue weighted by Gasteiger charge is 2.33. The molecule has 186 valence electrons. The molecule has 10 heteroatoms. The zero-order valence-corrected chi connectivity index (χ0v) is 20.8. The molecule has 3 amide bonds. The van der Waals surface area contributed by atoms with Crippen molar-refractivity contribution in [1.82, 2.24) is 14.5 Å². The number of rotatable bonds is 4. The highest BCUT2D eigenvalue weighted by Crippen LogP contribution is 2.26. The van der Waals surface area contributed by atoms with Gasteiger partial charge in [-0.2, -0.15) is 4.31 Å². The molecule has 0 bridgehead atoms. The van der Waals surface area contributed by atoms with Crippen LogP contribution in [-0.4, -0.2) is 60.3 Å². The third kappa shape index (κ3) is 5.38. The second-order valence-electron chi connectivity index (χ2n) is 9.70. The number of carbonyl (C=O) groups is 3. The Morgan fingerprint density at radius 1 is 1.00 bits per heavy atom. The number of fused-ring (bicyclic) bond motifs is 1. The molecule has 4 rings (SSSR count). The van der Waals surface area contributed by atoms with Crippen LogP contribution < -0.4 is 5.32 Å². The van der Waals surface area contributed by atoms with Crippen LogP contribution in [0, 0.1) is 0 Å². The van der Waals surface area contributed by atoms with Gasteiger partial charge in [0.25, 0.3) is 11.8 Å². The lowest BCUT2D eigenvalue weighted by Crippen LogP contribution is -2.47. The standard InChI is InChI=1S/C25H29N3O6S/c1-25(2,3)34-24(31)26-19-12-14-27(15-13-19)35(32,33)20-10-8-17(9-11-20)22(29)28-16-18-6-4-5-7-21(18)23(28)30/h4-11,19H,12-16H2,1-3H3,(H,26,31). The fraction of sp³-hybridized carbons (Fsp3) is 0.400. The monoisotopic (exact) mass is 499 g/mol. The Morgan fingerprint density at radius 3 is 2.23 bits per heavy atom. The summed E-state index contributed by atoms with van der Waals surface area (Å²) in [5.41, 5.74) is 0.929. The Balaban J connectivity index is 1.37. The van der Waals surface area contributed by atoms with E-state index in [1.165, 1.54) is 28.6 Å². The van der Waals surface area contributed by atoms with Crippen molar-refractivity contribution < 1.29 is 27.5 Å². The lowest BCUT2D eigenvalue weighted by atomic mass is 10.1. The quantitative estimate of drug-likeness (QED) is 0.647. The minimum Gasteiger partial charge on any atom is -0.444 e. The molecule has 0 radical (unpaired) electrons. The normalized spacial score (nSPS) is 17.2. The Bertz CT molecular complexity index is 1240. The third-order valence-electron chi connectivity index (χ3n) is 5.98. The van der Waals surface area contributed by atoms with Crippen LogP contribution in [0.3, 0.4) is 0 Å². The van der Waals surface area contributed by atoms with Crippen LogP contribution in [-0.2, 0) is 21.3 Å². The van der Waals surface area contributed by atoms with Crippen LogP contribution in [0.4, 0.5) is 4.79 Å². The SMILES string of the molecule is CC(C)(C)OC(=O)NC1CCN(S(=O)(=O)c2ccc(C(=O)N3Cc4ccccc4C3=O)cc2)CC1. The average molecular weight is 500 g/mol. The molecule has 0 spiro atoms. The lowest BCUT2D eigenvalue weighted by molar-refractivity contribution is 0.0488. The fourth-order valence-corrected chi connectivity index (χ4v) is 5.68. The van der Waals surface area contributed by atoms with Crippen molar-refractivity contribution in [1.29, 1.82) is 0 Å². The molecule has 0 aliphatic carbocycles. The number of carbonyl (C=O) groups excluding carboxylic acids is 3. The van der Waals surface area contributed by atoms with Crippen molar-refractivity contribution >= 4 is 27.9 Å². The molecule has 0 saturated carbocycles. The van der Waals surface area contributed by atoms with Crippen LogP contribution in [0.25, 0.3) is 0 Å². The first kappa shape index (κ1) is 24.9. The van der Waals surface area contributed by atoms with E-state index in [1.54, 1.807) is 32.9 Å². The van der Waals surface area contributed by atoms with Gasteiger partial charge in [-0.1, -0.05) is 18.2 Å². The minimum absolute atomic E-state index is 0.0728. The van der Waals surface area contributed by atoms with E-state index in [0.29, 0.717) is 18.4 Å². The maximum absolute atomic E-state index is 13.1. The summed E-state index contributed by atoms with van der Waals surface area (Å²) in [6.45, 7) is 6.04. The summed E-state index contributed by atoms with van der Waals surface area (Å²) in [7, 11) is -3.76. The molecular formula is C25H29N3O6S. The summed E-state index contributed by atoms with van der Waals surface area (Å²) >= 11 is 0. The van der Waals surface area contributed by atoms with Gasteiger partial charge in [0.2, 0.25) is 10.0 Å².